The van der Waals surface area contributed by atoms with Crippen molar-refractivity contribution in [1.82, 2.24) is 9.71 Å². The average Bonchev–Trinajstić information content (AvgIpc) is 2.91. The van der Waals surface area contributed by atoms with E-state index in [9.17, 15) is 8.42 Å². The summed E-state index contributed by atoms with van der Waals surface area (Å²) in [5, 5.41) is 3.01. The van der Waals surface area contributed by atoms with Crippen molar-refractivity contribution >= 4 is 26.5 Å². The number of aromatic nitrogens is 1. The van der Waals surface area contributed by atoms with E-state index in [2.05, 4.69) is 14.6 Å². The molecule has 7 heteroatoms. The van der Waals surface area contributed by atoms with Gasteiger partial charge in [-0.2, -0.15) is 0 Å². The minimum Gasteiger partial charge on any atom is -0.348 e. The van der Waals surface area contributed by atoms with Crippen LogP contribution in [0.2, 0.25) is 0 Å². The normalized spacial score (nSPS) is 21.2. The Morgan fingerprint density at radius 3 is 3.11 bits per heavy atom. The van der Waals surface area contributed by atoms with Gasteiger partial charge in [0.2, 0.25) is 10.0 Å². The van der Waals surface area contributed by atoms with E-state index in [0.29, 0.717) is 12.5 Å². The molecule has 1 aliphatic rings. The van der Waals surface area contributed by atoms with Crippen LogP contribution in [0.5, 0.6) is 0 Å². The Morgan fingerprint density at radius 2 is 2.44 bits per heavy atom. The third-order valence-electron chi connectivity index (χ3n) is 3.18. The Hall–Kier alpha value is -0.660. The van der Waals surface area contributed by atoms with Crippen molar-refractivity contribution in [3.63, 3.8) is 0 Å². The number of anilines is 1. The van der Waals surface area contributed by atoms with Gasteiger partial charge in [-0.3, -0.25) is 0 Å². The second-order valence-electron chi connectivity index (χ2n) is 4.52. The first kappa shape index (κ1) is 13.8. The van der Waals surface area contributed by atoms with Gasteiger partial charge in [-0.15, -0.1) is 11.3 Å². The van der Waals surface area contributed by atoms with E-state index in [-0.39, 0.29) is 5.75 Å². The number of rotatable bonds is 5. The van der Waals surface area contributed by atoms with Crippen molar-refractivity contribution in [3.05, 3.63) is 11.6 Å². The van der Waals surface area contributed by atoms with Gasteiger partial charge in [0.15, 0.2) is 5.13 Å². The lowest BCUT2D eigenvalue weighted by molar-refractivity contribution is 0.411. The molecule has 2 heterocycles. The molecule has 0 amide bonds. The summed E-state index contributed by atoms with van der Waals surface area (Å²) in [6.07, 6.45) is 3.98. The molecule has 2 rings (SSSR count). The summed E-state index contributed by atoms with van der Waals surface area (Å²) in [6.45, 7) is 4.10. The third-order valence-corrected chi connectivity index (χ3v) is 5.38. The fraction of sp³-hybridized carbons (Fsp3) is 0.727. The van der Waals surface area contributed by atoms with Crippen LogP contribution in [-0.4, -0.2) is 38.8 Å². The quantitative estimate of drug-likeness (QED) is 0.887. The lowest BCUT2D eigenvalue weighted by Gasteiger charge is -2.32. The molecule has 1 aromatic heterocycles. The molecular weight excluding hydrogens is 270 g/mol. The summed E-state index contributed by atoms with van der Waals surface area (Å²) in [5.74, 6) is 0.527. The van der Waals surface area contributed by atoms with Crippen LogP contribution in [-0.2, 0) is 10.0 Å². The predicted octanol–water partition coefficient (Wildman–Crippen LogP) is 1.30. The molecule has 0 bridgehead atoms. The van der Waals surface area contributed by atoms with Crippen LogP contribution < -0.4 is 9.62 Å². The molecule has 1 atom stereocenters. The number of nitrogens with one attached hydrogen (secondary N) is 1. The van der Waals surface area contributed by atoms with Gasteiger partial charge in [0.25, 0.3) is 0 Å². The van der Waals surface area contributed by atoms with Crippen LogP contribution in [0.1, 0.15) is 19.8 Å². The summed E-state index contributed by atoms with van der Waals surface area (Å²) in [5.41, 5.74) is 0. The van der Waals surface area contributed by atoms with Crippen molar-refractivity contribution in [2.24, 2.45) is 5.92 Å². The molecule has 1 aliphatic heterocycles. The Morgan fingerprint density at radius 1 is 1.61 bits per heavy atom. The van der Waals surface area contributed by atoms with E-state index in [1.807, 2.05) is 11.6 Å². The summed E-state index contributed by atoms with van der Waals surface area (Å²) in [4.78, 5) is 6.55. The molecule has 18 heavy (non-hydrogen) atoms. The highest BCUT2D eigenvalue weighted by molar-refractivity contribution is 7.89. The third kappa shape index (κ3) is 3.66. The lowest BCUT2D eigenvalue weighted by atomic mass is 9.99. The number of piperidine rings is 1. The van der Waals surface area contributed by atoms with Crippen molar-refractivity contribution in [2.45, 2.75) is 19.8 Å². The van der Waals surface area contributed by atoms with Crippen molar-refractivity contribution < 1.29 is 8.42 Å². The van der Waals surface area contributed by atoms with Crippen molar-refractivity contribution in [3.8, 4) is 0 Å². The number of hydrogen-bond donors (Lipinski definition) is 1. The van der Waals surface area contributed by atoms with Crippen molar-refractivity contribution in [1.29, 1.82) is 0 Å². The molecular formula is C11H19N3O2S2. The van der Waals surface area contributed by atoms with Gasteiger partial charge in [0, 0.05) is 31.2 Å². The maximum atomic E-state index is 11.4. The maximum absolute atomic E-state index is 11.4. The van der Waals surface area contributed by atoms with Gasteiger partial charge in [-0.1, -0.05) is 0 Å². The van der Waals surface area contributed by atoms with Crippen molar-refractivity contribution in [2.75, 3.05) is 30.3 Å². The predicted molar refractivity (Wildman–Crippen MR) is 74.5 cm³/mol. The number of hydrogen-bond acceptors (Lipinski definition) is 5. The molecule has 0 spiro atoms. The van der Waals surface area contributed by atoms with Gasteiger partial charge in [0.1, 0.15) is 0 Å². The van der Waals surface area contributed by atoms with E-state index in [0.717, 1.165) is 31.1 Å². The van der Waals surface area contributed by atoms with Gasteiger partial charge in [-0.25, -0.2) is 18.1 Å². The highest BCUT2D eigenvalue weighted by Crippen LogP contribution is 2.24. The highest BCUT2D eigenvalue weighted by Gasteiger charge is 2.22. The molecule has 1 unspecified atom stereocenters. The summed E-state index contributed by atoms with van der Waals surface area (Å²) in [6, 6.07) is 0. The number of thiazole rings is 1. The largest absolute Gasteiger partial charge is 0.348 e. The summed E-state index contributed by atoms with van der Waals surface area (Å²) >= 11 is 1.64. The molecule has 0 radical (unpaired) electrons. The Kier molecular flexibility index (Phi) is 4.58. The van der Waals surface area contributed by atoms with Crippen LogP contribution in [0, 0.1) is 5.92 Å². The van der Waals surface area contributed by atoms with Crippen LogP contribution in [0.15, 0.2) is 11.6 Å². The fourth-order valence-electron chi connectivity index (χ4n) is 2.12. The van der Waals surface area contributed by atoms with Gasteiger partial charge >= 0.3 is 0 Å². The molecule has 0 aliphatic carbocycles. The first-order chi connectivity index (χ1) is 8.61. The van der Waals surface area contributed by atoms with Crippen LogP contribution in [0.4, 0.5) is 5.13 Å². The number of nitrogens with zero attached hydrogens (tertiary/aromatic N) is 2. The Balaban J connectivity index is 1.88. The molecule has 102 valence electrons. The van der Waals surface area contributed by atoms with E-state index in [1.165, 1.54) is 0 Å². The molecule has 1 fully saturated rings. The zero-order valence-electron chi connectivity index (χ0n) is 10.5. The monoisotopic (exact) mass is 289 g/mol. The second-order valence-corrected chi connectivity index (χ2v) is 7.49. The maximum Gasteiger partial charge on any atom is 0.211 e. The number of sulfonamides is 1. The smallest absolute Gasteiger partial charge is 0.211 e. The molecule has 1 N–H and O–H groups in total. The average molecular weight is 289 g/mol. The minimum absolute atomic E-state index is 0.149. The highest BCUT2D eigenvalue weighted by atomic mass is 32.2. The Labute approximate surface area is 112 Å². The minimum atomic E-state index is -3.07. The van der Waals surface area contributed by atoms with Gasteiger partial charge in [-0.05, 0) is 25.7 Å². The fourth-order valence-corrected chi connectivity index (χ4v) is 3.50. The van der Waals surface area contributed by atoms with E-state index in [1.54, 1.807) is 18.3 Å². The molecule has 5 nitrogen and oxygen atoms in total. The van der Waals surface area contributed by atoms with E-state index >= 15 is 0 Å². The SMILES string of the molecule is CCS(=O)(=O)NCC1CCCN(c2nccs2)C1. The molecule has 1 aromatic rings. The zero-order chi connectivity index (χ0) is 13.0. The van der Waals surface area contributed by atoms with Gasteiger partial charge in [0.05, 0.1) is 5.75 Å². The first-order valence-corrected chi connectivity index (χ1v) is 8.75. The van der Waals surface area contributed by atoms with Gasteiger partial charge < -0.3 is 4.90 Å². The topological polar surface area (TPSA) is 62.3 Å². The Bertz CT molecular complexity index is 459. The molecule has 0 saturated carbocycles. The van der Waals surface area contributed by atoms with E-state index in [4.69, 9.17) is 0 Å². The summed E-state index contributed by atoms with van der Waals surface area (Å²) < 4.78 is 25.5. The van der Waals surface area contributed by atoms with Crippen LogP contribution >= 0.6 is 11.3 Å². The zero-order valence-corrected chi connectivity index (χ0v) is 12.1. The van der Waals surface area contributed by atoms with E-state index < -0.39 is 10.0 Å². The van der Waals surface area contributed by atoms with Crippen LogP contribution in [0.25, 0.3) is 0 Å². The molecule has 1 saturated heterocycles. The summed E-state index contributed by atoms with van der Waals surface area (Å²) in [7, 11) is -3.07. The first-order valence-electron chi connectivity index (χ1n) is 6.22. The second kappa shape index (κ2) is 5.99. The standard InChI is InChI=1S/C11H19N3O2S2/c1-2-18(15,16)13-8-10-4-3-6-14(9-10)11-12-5-7-17-11/h5,7,10,13H,2-4,6,8-9H2,1H3. The molecule has 0 aromatic carbocycles. The van der Waals surface area contributed by atoms with Crippen LogP contribution in [0.3, 0.4) is 0 Å². The lowest BCUT2D eigenvalue weighted by Crippen LogP contribution is -2.41.